The molecule has 3 aromatic carbocycles. The second-order valence-electron chi connectivity index (χ2n) is 12.4. The lowest BCUT2D eigenvalue weighted by Gasteiger charge is -2.56. The Hall–Kier alpha value is -2.95. The van der Waals surface area contributed by atoms with Gasteiger partial charge in [-0.15, -0.1) is 0 Å². The van der Waals surface area contributed by atoms with Crippen molar-refractivity contribution in [2.75, 3.05) is 13.1 Å². The number of nitrogens with zero attached hydrogens (tertiary/aromatic N) is 3. The molecule has 0 aromatic heterocycles. The molecule has 3 aromatic rings. The summed E-state index contributed by atoms with van der Waals surface area (Å²) in [6.45, 7) is 11.9. The molecule has 2 aliphatic carbocycles. The topological polar surface area (TPSA) is 85.8 Å². The Morgan fingerprint density at radius 3 is 2.56 bits per heavy atom. The second-order valence-corrected chi connectivity index (χ2v) is 14.3. The van der Waals surface area contributed by atoms with Crippen molar-refractivity contribution in [1.82, 2.24) is 4.31 Å². The molecule has 1 saturated carbocycles. The predicted molar refractivity (Wildman–Crippen MR) is 156 cm³/mol. The van der Waals surface area contributed by atoms with Crippen LogP contribution in [0.2, 0.25) is 0 Å². The third-order valence-corrected chi connectivity index (χ3v) is 11.7. The fourth-order valence-corrected chi connectivity index (χ4v) is 9.50. The molecule has 0 unspecified atom stereocenters. The Morgan fingerprint density at radius 2 is 1.87 bits per heavy atom. The molecular formula is C32H40N3O3S+. The number of phenolic OH excluding ortho intramolecular Hbond substituents is 1. The molecular weight excluding hydrogens is 506 g/mol. The number of phenols is 1. The molecule has 0 amide bonds. The van der Waals surface area contributed by atoms with E-state index in [4.69, 9.17) is 0 Å². The maximum absolute atomic E-state index is 14.2. The van der Waals surface area contributed by atoms with Gasteiger partial charge in [0, 0.05) is 29.9 Å². The normalized spacial score (nSPS) is 24.9. The first kappa shape index (κ1) is 27.6. The van der Waals surface area contributed by atoms with Gasteiger partial charge in [-0.2, -0.15) is 4.31 Å². The van der Waals surface area contributed by atoms with Crippen LogP contribution in [0.1, 0.15) is 82.9 Å². The third kappa shape index (κ3) is 4.42. The minimum atomic E-state index is -3.86. The van der Waals surface area contributed by atoms with Crippen molar-refractivity contribution < 1.29 is 13.5 Å². The minimum absolute atomic E-state index is 0.0106. The van der Waals surface area contributed by atoms with Gasteiger partial charge in [-0.1, -0.05) is 71.4 Å². The van der Waals surface area contributed by atoms with Crippen molar-refractivity contribution in [2.24, 2.45) is 11.3 Å². The van der Waals surface area contributed by atoms with E-state index in [0.29, 0.717) is 35.7 Å². The first-order valence-corrected chi connectivity index (χ1v) is 15.6. The van der Waals surface area contributed by atoms with E-state index in [2.05, 4.69) is 50.9 Å². The van der Waals surface area contributed by atoms with E-state index in [1.807, 2.05) is 6.92 Å². The molecule has 0 saturated heterocycles. The van der Waals surface area contributed by atoms with Crippen molar-refractivity contribution in [2.45, 2.75) is 83.0 Å². The monoisotopic (exact) mass is 546 g/mol. The molecule has 7 heteroatoms. The average molecular weight is 547 g/mol. The van der Waals surface area contributed by atoms with Crippen molar-refractivity contribution >= 4 is 26.5 Å². The van der Waals surface area contributed by atoms with Crippen molar-refractivity contribution in [3.8, 4) is 5.75 Å². The number of hydrogen-bond acceptors (Lipinski definition) is 4. The van der Waals surface area contributed by atoms with Gasteiger partial charge < -0.3 is 5.11 Å². The summed E-state index contributed by atoms with van der Waals surface area (Å²) in [5.74, 6) is 0.652. The minimum Gasteiger partial charge on any atom is -0.501 e. The van der Waals surface area contributed by atoms with Crippen LogP contribution >= 0.6 is 0 Å². The number of sulfonamides is 1. The summed E-state index contributed by atoms with van der Waals surface area (Å²) < 4.78 is 30.0. The molecule has 3 atom stereocenters. The van der Waals surface area contributed by atoms with Gasteiger partial charge >= 0.3 is 5.69 Å². The number of hydrogen-bond donors (Lipinski definition) is 1. The summed E-state index contributed by atoms with van der Waals surface area (Å²) in [7, 11) is -3.86. The molecule has 2 aliphatic rings. The molecule has 0 spiro atoms. The SMILES string of the molecule is CCN(C[C@@]1(C)CCC[C@]2(C)c3ccc(C(C)C)cc3CC[C@@H]12)S(=O)(=O)c1cccc2c(O)c([N+]#N)ccc12. The zero-order valence-electron chi connectivity index (χ0n) is 23.7. The van der Waals surface area contributed by atoms with Gasteiger partial charge in [-0.25, -0.2) is 8.42 Å². The lowest BCUT2D eigenvalue weighted by molar-refractivity contribution is 0.0127. The van der Waals surface area contributed by atoms with E-state index in [1.165, 1.54) is 22.8 Å². The number of rotatable bonds is 6. The molecule has 0 bridgehead atoms. The van der Waals surface area contributed by atoms with Gasteiger partial charge in [0.1, 0.15) is 0 Å². The second kappa shape index (κ2) is 9.91. The molecule has 1 N–H and O–H groups in total. The summed E-state index contributed by atoms with van der Waals surface area (Å²) in [5, 5.41) is 20.5. The van der Waals surface area contributed by atoms with E-state index >= 15 is 0 Å². The van der Waals surface area contributed by atoms with Crippen LogP contribution in [0.5, 0.6) is 5.75 Å². The first-order valence-electron chi connectivity index (χ1n) is 14.2. The Bertz CT molecular complexity index is 1580. The fraction of sp³-hybridized carbons (Fsp3) is 0.500. The average Bonchev–Trinajstić information content (AvgIpc) is 2.91. The van der Waals surface area contributed by atoms with Crippen LogP contribution in [-0.2, 0) is 21.9 Å². The highest BCUT2D eigenvalue weighted by atomic mass is 32.2. The molecule has 206 valence electrons. The number of diazo groups is 1. The van der Waals surface area contributed by atoms with Gasteiger partial charge in [-0.05, 0) is 77.2 Å². The summed E-state index contributed by atoms with van der Waals surface area (Å²) >= 11 is 0. The maximum atomic E-state index is 14.2. The van der Waals surface area contributed by atoms with Crippen molar-refractivity contribution in [3.05, 3.63) is 70.2 Å². The van der Waals surface area contributed by atoms with Crippen LogP contribution in [-0.4, -0.2) is 30.9 Å². The largest absolute Gasteiger partial charge is 0.501 e. The Labute approximate surface area is 232 Å². The van der Waals surface area contributed by atoms with Crippen LogP contribution in [0.4, 0.5) is 5.69 Å². The number of aryl methyl sites for hydroxylation is 1. The van der Waals surface area contributed by atoms with Crippen LogP contribution in [0, 0.1) is 16.7 Å². The lowest BCUT2D eigenvalue weighted by atomic mass is 9.49. The van der Waals surface area contributed by atoms with Gasteiger partial charge in [-0.3, -0.25) is 0 Å². The van der Waals surface area contributed by atoms with E-state index in [9.17, 15) is 18.9 Å². The summed E-state index contributed by atoms with van der Waals surface area (Å²) in [4.78, 5) is 3.28. The van der Waals surface area contributed by atoms with Crippen LogP contribution in [0.15, 0.2) is 53.4 Å². The highest BCUT2D eigenvalue weighted by Gasteiger charge is 2.52. The van der Waals surface area contributed by atoms with E-state index < -0.39 is 10.0 Å². The highest BCUT2D eigenvalue weighted by molar-refractivity contribution is 7.89. The maximum Gasteiger partial charge on any atom is 0.426 e. The van der Waals surface area contributed by atoms with Gasteiger partial charge in [0.15, 0.2) is 4.98 Å². The van der Waals surface area contributed by atoms with Crippen LogP contribution in [0.3, 0.4) is 0 Å². The molecule has 0 heterocycles. The van der Waals surface area contributed by atoms with Gasteiger partial charge in [0.2, 0.25) is 21.2 Å². The van der Waals surface area contributed by atoms with E-state index in [0.717, 1.165) is 32.1 Å². The van der Waals surface area contributed by atoms with Gasteiger partial charge in [0.05, 0.1) is 4.90 Å². The highest BCUT2D eigenvalue weighted by Crippen LogP contribution is 2.58. The van der Waals surface area contributed by atoms with Crippen molar-refractivity contribution in [1.29, 1.82) is 5.39 Å². The molecule has 0 radical (unpaired) electrons. The van der Waals surface area contributed by atoms with Crippen molar-refractivity contribution in [3.63, 3.8) is 0 Å². The number of benzene rings is 3. The van der Waals surface area contributed by atoms with E-state index in [1.54, 1.807) is 28.6 Å². The standard InChI is InChI=1S/C32H39N3O3S/c1-6-35(39(37,38)28-10-7-9-25-24(28)13-15-27(34-33)30(25)36)20-31(4)17-8-18-32(5)26-14-11-22(21(2)3)19-23(26)12-16-29(31)32/h7,9-11,13-15,19,21,29H,6,8,12,16-18,20H2,1-5H3/p+1/t29-,31+,32+/m0/s1. The Balaban J connectivity index is 1.51. The molecule has 0 aliphatic heterocycles. The summed E-state index contributed by atoms with van der Waals surface area (Å²) in [6.07, 6.45) is 5.29. The Kier molecular flexibility index (Phi) is 7.01. The Morgan fingerprint density at radius 1 is 1.10 bits per heavy atom. The summed E-state index contributed by atoms with van der Waals surface area (Å²) in [6, 6.07) is 15.0. The molecule has 39 heavy (non-hydrogen) atoms. The van der Waals surface area contributed by atoms with Crippen LogP contribution < -0.4 is 0 Å². The zero-order valence-corrected chi connectivity index (χ0v) is 24.6. The molecule has 1 fully saturated rings. The third-order valence-electron chi connectivity index (χ3n) is 9.76. The smallest absolute Gasteiger partial charge is 0.426 e. The van der Waals surface area contributed by atoms with E-state index in [-0.39, 0.29) is 27.2 Å². The number of fused-ring (bicyclic) bond motifs is 4. The lowest BCUT2D eigenvalue weighted by Crippen LogP contribution is -2.54. The summed E-state index contributed by atoms with van der Waals surface area (Å²) in [5.41, 5.74) is 4.17. The first-order chi connectivity index (χ1) is 18.5. The quantitative estimate of drug-likeness (QED) is 0.319. The molecule has 6 nitrogen and oxygen atoms in total. The predicted octanol–water partition coefficient (Wildman–Crippen LogP) is 7.87. The zero-order chi connectivity index (χ0) is 28.2. The fourth-order valence-electron chi connectivity index (χ4n) is 7.71. The van der Waals surface area contributed by atoms with Gasteiger partial charge in [0.25, 0.3) is 0 Å². The molecule has 5 rings (SSSR count). The number of aromatic hydroxyl groups is 1. The van der Waals surface area contributed by atoms with Crippen LogP contribution in [0.25, 0.3) is 15.7 Å².